The van der Waals surface area contributed by atoms with Gasteiger partial charge in [-0.05, 0) is 42.5 Å². The molecule has 0 unspecified atom stereocenters. The van der Waals surface area contributed by atoms with Crippen LogP contribution in [0.15, 0.2) is 52.1 Å². The number of nitrogens with zero attached hydrogens (tertiary/aromatic N) is 2. The van der Waals surface area contributed by atoms with Crippen LogP contribution in [0.3, 0.4) is 0 Å². The summed E-state index contributed by atoms with van der Waals surface area (Å²) in [5.41, 5.74) is 0.753. The summed E-state index contributed by atoms with van der Waals surface area (Å²) in [5.74, 6) is 0.0489. The Bertz CT molecular complexity index is 918. The minimum atomic E-state index is -0.563. The number of benzene rings is 2. The molecule has 0 saturated heterocycles. The fourth-order valence-corrected chi connectivity index (χ4v) is 2.76. The molecule has 0 aliphatic carbocycles. The summed E-state index contributed by atoms with van der Waals surface area (Å²) in [6.45, 7) is 0. The van der Waals surface area contributed by atoms with Gasteiger partial charge in [0.05, 0.1) is 18.6 Å². The van der Waals surface area contributed by atoms with Crippen LogP contribution in [0.25, 0.3) is 11.5 Å². The second kappa shape index (κ2) is 8.20. The van der Waals surface area contributed by atoms with Gasteiger partial charge in [0.1, 0.15) is 11.6 Å². The van der Waals surface area contributed by atoms with Crippen LogP contribution >= 0.6 is 23.4 Å². The molecule has 3 rings (SSSR count). The summed E-state index contributed by atoms with van der Waals surface area (Å²) in [6.07, 6.45) is 0. The Morgan fingerprint density at radius 2 is 2.04 bits per heavy atom. The van der Waals surface area contributed by atoms with Gasteiger partial charge in [0.15, 0.2) is 0 Å². The molecule has 1 amide bonds. The van der Waals surface area contributed by atoms with Gasteiger partial charge >= 0.3 is 0 Å². The number of methoxy groups -OCH3 is 1. The summed E-state index contributed by atoms with van der Waals surface area (Å²) >= 11 is 6.84. The molecule has 26 heavy (non-hydrogen) atoms. The number of hydrogen-bond donors (Lipinski definition) is 1. The van der Waals surface area contributed by atoms with Crippen LogP contribution in [0.4, 0.5) is 10.1 Å². The van der Waals surface area contributed by atoms with E-state index in [-0.39, 0.29) is 16.7 Å². The summed E-state index contributed by atoms with van der Waals surface area (Å²) in [5, 5.41) is 10.8. The van der Waals surface area contributed by atoms with Crippen LogP contribution in [0.2, 0.25) is 5.02 Å². The summed E-state index contributed by atoms with van der Waals surface area (Å²) < 4.78 is 24.2. The Labute approximate surface area is 157 Å². The maximum atomic E-state index is 13.6. The predicted molar refractivity (Wildman–Crippen MR) is 97.0 cm³/mol. The standard InChI is InChI=1S/C17H13ClFN3O3S/c1-24-12-5-2-10(3-6-12)16-21-22-17(25-16)26-9-15(23)20-14-8-11(18)4-7-13(14)19/h2-8H,9H2,1H3,(H,20,23). The summed E-state index contributed by atoms with van der Waals surface area (Å²) in [4.78, 5) is 12.0. The van der Waals surface area contributed by atoms with Gasteiger partial charge in [-0.2, -0.15) is 0 Å². The summed E-state index contributed by atoms with van der Waals surface area (Å²) in [6, 6.07) is 11.1. The van der Waals surface area contributed by atoms with Crippen molar-refractivity contribution in [1.29, 1.82) is 0 Å². The normalized spacial score (nSPS) is 10.6. The molecular formula is C17H13ClFN3O3S. The molecule has 0 radical (unpaired) electrons. The first-order valence-electron chi connectivity index (χ1n) is 7.41. The molecule has 0 aliphatic rings. The predicted octanol–water partition coefficient (Wildman–Crippen LogP) is 4.27. The highest BCUT2D eigenvalue weighted by Gasteiger charge is 2.13. The van der Waals surface area contributed by atoms with Gasteiger partial charge in [0, 0.05) is 10.6 Å². The molecule has 0 aliphatic heterocycles. The fourth-order valence-electron chi connectivity index (χ4n) is 2.03. The highest BCUT2D eigenvalue weighted by atomic mass is 35.5. The Morgan fingerprint density at radius 3 is 2.77 bits per heavy atom. The molecule has 3 aromatic rings. The molecule has 0 saturated carbocycles. The Hall–Kier alpha value is -2.58. The number of nitrogens with one attached hydrogen (secondary N) is 1. The number of halogens is 2. The van der Waals surface area contributed by atoms with E-state index in [2.05, 4.69) is 15.5 Å². The van der Waals surface area contributed by atoms with E-state index < -0.39 is 11.7 Å². The minimum absolute atomic E-state index is 0.0177. The van der Waals surface area contributed by atoms with Crippen molar-refractivity contribution in [3.8, 4) is 17.2 Å². The fraction of sp³-hybridized carbons (Fsp3) is 0.118. The number of thioether (sulfide) groups is 1. The van der Waals surface area contributed by atoms with Crippen LogP contribution in [-0.2, 0) is 4.79 Å². The van der Waals surface area contributed by atoms with Gasteiger partial charge in [-0.1, -0.05) is 23.4 Å². The number of amides is 1. The molecule has 9 heteroatoms. The zero-order chi connectivity index (χ0) is 18.5. The number of hydrogen-bond acceptors (Lipinski definition) is 6. The average Bonchev–Trinajstić information content (AvgIpc) is 3.12. The second-order valence-electron chi connectivity index (χ2n) is 5.06. The van der Waals surface area contributed by atoms with Crippen LogP contribution in [-0.4, -0.2) is 29.0 Å². The van der Waals surface area contributed by atoms with Gasteiger partial charge < -0.3 is 14.5 Å². The Kier molecular flexibility index (Phi) is 5.75. The first-order valence-corrected chi connectivity index (χ1v) is 8.77. The lowest BCUT2D eigenvalue weighted by Gasteiger charge is -2.05. The van der Waals surface area contributed by atoms with E-state index in [9.17, 15) is 9.18 Å². The smallest absolute Gasteiger partial charge is 0.277 e. The molecular weight excluding hydrogens is 381 g/mol. The van der Waals surface area contributed by atoms with Crippen molar-refractivity contribution in [2.24, 2.45) is 0 Å². The Morgan fingerprint density at radius 1 is 1.27 bits per heavy atom. The Balaban J connectivity index is 1.58. The SMILES string of the molecule is COc1ccc(-c2nnc(SCC(=O)Nc3cc(Cl)ccc3F)o2)cc1. The maximum absolute atomic E-state index is 13.6. The van der Waals surface area contributed by atoms with Gasteiger partial charge in [-0.25, -0.2) is 4.39 Å². The molecule has 6 nitrogen and oxygen atoms in total. The van der Waals surface area contributed by atoms with Gasteiger partial charge in [-0.3, -0.25) is 4.79 Å². The van der Waals surface area contributed by atoms with E-state index >= 15 is 0 Å². The van der Waals surface area contributed by atoms with Gasteiger partial charge in [0.2, 0.25) is 11.8 Å². The lowest BCUT2D eigenvalue weighted by molar-refractivity contribution is -0.113. The average molecular weight is 394 g/mol. The van der Waals surface area contributed by atoms with E-state index in [1.165, 1.54) is 18.2 Å². The van der Waals surface area contributed by atoms with Crippen molar-refractivity contribution in [3.63, 3.8) is 0 Å². The topological polar surface area (TPSA) is 77.2 Å². The second-order valence-corrected chi connectivity index (χ2v) is 6.43. The highest BCUT2D eigenvalue weighted by molar-refractivity contribution is 7.99. The highest BCUT2D eigenvalue weighted by Crippen LogP contribution is 2.25. The third kappa shape index (κ3) is 4.53. The van der Waals surface area contributed by atoms with Crippen molar-refractivity contribution in [2.75, 3.05) is 18.2 Å². The number of carbonyl (C=O) groups is 1. The molecule has 0 atom stereocenters. The van der Waals surface area contributed by atoms with Crippen LogP contribution in [0.1, 0.15) is 0 Å². The minimum Gasteiger partial charge on any atom is -0.497 e. The third-order valence-electron chi connectivity index (χ3n) is 3.27. The number of anilines is 1. The van der Waals surface area contributed by atoms with E-state index in [1.807, 2.05) is 0 Å². The van der Waals surface area contributed by atoms with Crippen molar-refractivity contribution in [3.05, 3.63) is 53.3 Å². The quantitative estimate of drug-likeness (QED) is 0.630. The molecule has 1 heterocycles. The van der Waals surface area contributed by atoms with E-state index in [0.29, 0.717) is 16.7 Å². The first kappa shape index (κ1) is 18.2. The monoisotopic (exact) mass is 393 g/mol. The number of aromatic nitrogens is 2. The zero-order valence-corrected chi connectivity index (χ0v) is 15.1. The van der Waals surface area contributed by atoms with E-state index in [0.717, 1.165) is 17.3 Å². The molecule has 0 spiro atoms. The largest absolute Gasteiger partial charge is 0.497 e. The molecule has 0 fully saturated rings. The summed E-state index contributed by atoms with van der Waals surface area (Å²) in [7, 11) is 1.58. The molecule has 1 aromatic heterocycles. The molecule has 134 valence electrons. The third-order valence-corrected chi connectivity index (χ3v) is 4.33. The lowest BCUT2D eigenvalue weighted by Crippen LogP contribution is -2.15. The maximum Gasteiger partial charge on any atom is 0.277 e. The number of ether oxygens (including phenoxy) is 1. The number of rotatable bonds is 6. The van der Waals surface area contributed by atoms with E-state index in [1.54, 1.807) is 31.4 Å². The van der Waals surface area contributed by atoms with Crippen molar-refractivity contribution >= 4 is 35.0 Å². The van der Waals surface area contributed by atoms with Gasteiger partial charge in [0.25, 0.3) is 5.22 Å². The van der Waals surface area contributed by atoms with Crippen LogP contribution < -0.4 is 10.1 Å². The van der Waals surface area contributed by atoms with Crippen LogP contribution in [0, 0.1) is 5.82 Å². The van der Waals surface area contributed by atoms with Crippen molar-refractivity contribution in [1.82, 2.24) is 10.2 Å². The zero-order valence-electron chi connectivity index (χ0n) is 13.5. The van der Waals surface area contributed by atoms with Crippen molar-refractivity contribution < 1.29 is 18.3 Å². The van der Waals surface area contributed by atoms with Crippen LogP contribution in [0.5, 0.6) is 5.75 Å². The van der Waals surface area contributed by atoms with E-state index in [4.69, 9.17) is 20.8 Å². The number of carbonyl (C=O) groups excluding carboxylic acids is 1. The molecule has 0 bridgehead atoms. The molecule has 1 N–H and O–H groups in total. The van der Waals surface area contributed by atoms with Crippen molar-refractivity contribution in [2.45, 2.75) is 5.22 Å². The lowest BCUT2D eigenvalue weighted by atomic mass is 10.2. The van der Waals surface area contributed by atoms with Gasteiger partial charge in [-0.15, -0.1) is 10.2 Å². The molecule has 2 aromatic carbocycles. The first-order chi connectivity index (χ1) is 12.5.